The van der Waals surface area contributed by atoms with Crippen molar-refractivity contribution < 1.29 is 17.5 Å². The summed E-state index contributed by atoms with van der Waals surface area (Å²) in [4.78, 5) is 11.4. The lowest BCUT2D eigenvalue weighted by molar-refractivity contribution is 0.413. The highest BCUT2D eigenvalue weighted by molar-refractivity contribution is 7.92. The molecule has 1 saturated heterocycles. The molecule has 1 fully saturated rings. The van der Waals surface area contributed by atoms with Crippen molar-refractivity contribution >= 4 is 44.1 Å². The Kier molecular flexibility index (Phi) is 7.09. The number of hydrogen-bond acceptors (Lipinski definition) is 8. The van der Waals surface area contributed by atoms with Crippen LogP contribution in [0.2, 0.25) is 0 Å². The van der Waals surface area contributed by atoms with Gasteiger partial charge < -0.3 is 24.8 Å². The van der Waals surface area contributed by atoms with Crippen molar-refractivity contribution in [1.29, 1.82) is 0 Å². The van der Waals surface area contributed by atoms with Crippen molar-refractivity contribution in [2.75, 3.05) is 61.1 Å². The zero-order valence-corrected chi connectivity index (χ0v) is 22.3. The Morgan fingerprint density at radius 2 is 1.95 bits per heavy atom. The molecule has 1 aliphatic heterocycles. The first-order valence-electron chi connectivity index (χ1n) is 12.2. The number of hydrogen-bond donors (Lipinski definition) is 2. The van der Waals surface area contributed by atoms with Gasteiger partial charge in [-0.05, 0) is 42.0 Å². The van der Waals surface area contributed by atoms with Gasteiger partial charge in [0.15, 0.2) is 0 Å². The van der Waals surface area contributed by atoms with E-state index in [2.05, 4.69) is 20.5 Å². The van der Waals surface area contributed by atoms with E-state index in [9.17, 15) is 12.8 Å². The van der Waals surface area contributed by atoms with Crippen molar-refractivity contribution in [2.24, 2.45) is 0 Å². The lowest BCUT2D eigenvalue weighted by Crippen LogP contribution is -2.43. The van der Waals surface area contributed by atoms with Crippen LogP contribution in [-0.2, 0) is 16.6 Å². The van der Waals surface area contributed by atoms with E-state index in [1.54, 1.807) is 13.3 Å². The Labute approximate surface area is 221 Å². The number of benzene rings is 2. The maximum absolute atomic E-state index is 14.1. The molecule has 12 heteroatoms. The summed E-state index contributed by atoms with van der Waals surface area (Å²) < 4.78 is 47.1. The van der Waals surface area contributed by atoms with Crippen molar-refractivity contribution in [2.45, 2.75) is 6.54 Å². The van der Waals surface area contributed by atoms with Crippen molar-refractivity contribution in [3.05, 3.63) is 66.2 Å². The second-order valence-electron chi connectivity index (χ2n) is 9.17. The second kappa shape index (κ2) is 10.5. The van der Waals surface area contributed by atoms with Gasteiger partial charge in [0.05, 0.1) is 31.3 Å². The zero-order valence-electron chi connectivity index (χ0n) is 21.5. The molecule has 2 aromatic heterocycles. The molecule has 0 saturated carbocycles. The summed E-state index contributed by atoms with van der Waals surface area (Å²) in [6.45, 7) is 3.90. The largest absolute Gasteiger partial charge is 0.495 e. The summed E-state index contributed by atoms with van der Waals surface area (Å²) in [7, 11) is -0.416. The number of piperazine rings is 1. The Balaban J connectivity index is 1.42. The molecule has 0 aliphatic carbocycles. The van der Waals surface area contributed by atoms with Crippen LogP contribution in [0.25, 0.3) is 11.0 Å². The van der Waals surface area contributed by atoms with E-state index < -0.39 is 15.8 Å². The van der Waals surface area contributed by atoms with Gasteiger partial charge in [-0.3, -0.25) is 4.31 Å². The van der Waals surface area contributed by atoms with Crippen LogP contribution in [0.5, 0.6) is 5.75 Å². The summed E-state index contributed by atoms with van der Waals surface area (Å²) in [6.07, 6.45) is 4.65. The van der Waals surface area contributed by atoms with E-state index in [0.717, 1.165) is 59.3 Å². The van der Waals surface area contributed by atoms with E-state index in [0.29, 0.717) is 22.8 Å². The number of sulfonamides is 1. The van der Waals surface area contributed by atoms with Crippen LogP contribution in [0.3, 0.4) is 0 Å². The van der Waals surface area contributed by atoms with Gasteiger partial charge in [-0.1, -0.05) is 0 Å². The van der Waals surface area contributed by atoms with Gasteiger partial charge in [-0.2, -0.15) is 4.98 Å². The monoisotopic (exact) mass is 539 g/mol. The molecule has 0 amide bonds. The molecule has 0 radical (unpaired) electrons. The lowest BCUT2D eigenvalue weighted by Gasteiger charge is -2.30. The first-order valence-corrected chi connectivity index (χ1v) is 14.0. The Bertz CT molecular complexity index is 1570. The number of methoxy groups -OCH3 is 1. The van der Waals surface area contributed by atoms with Gasteiger partial charge in [-0.15, -0.1) is 0 Å². The minimum absolute atomic E-state index is 0.222. The maximum atomic E-state index is 14.1. The number of nitrogens with zero attached hydrogens (tertiary/aromatic N) is 5. The van der Waals surface area contributed by atoms with E-state index >= 15 is 0 Å². The quantitative estimate of drug-likeness (QED) is 0.352. The molecular formula is C26H30FN7O3S. The van der Waals surface area contributed by atoms with Crippen molar-refractivity contribution in [3.63, 3.8) is 0 Å². The first kappa shape index (κ1) is 25.7. The highest BCUT2D eigenvalue weighted by Gasteiger charge is 2.18. The van der Waals surface area contributed by atoms with Gasteiger partial charge in [-0.25, -0.2) is 17.8 Å². The lowest BCUT2D eigenvalue weighted by atomic mass is 10.1. The number of rotatable bonds is 8. The number of anilines is 4. The Hall–Kier alpha value is -3.90. The predicted molar refractivity (Wildman–Crippen MR) is 148 cm³/mol. The van der Waals surface area contributed by atoms with Crippen molar-refractivity contribution in [1.82, 2.24) is 19.9 Å². The third-order valence-corrected chi connectivity index (χ3v) is 7.81. The molecule has 200 valence electrons. The fourth-order valence-electron chi connectivity index (χ4n) is 4.56. The molecule has 3 heterocycles. The molecule has 0 unspecified atom stereocenters. The number of nitrogens with one attached hydrogen (secondary N) is 2. The van der Waals surface area contributed by atoms with Crippen LogP contribution >= 0.6 is 0 Å². The third kappa shape index (κ3) is 5.36. The first-order chi connectivity index (χ1) is 18.2. The van der Waals surface area contributed by atoms with Gasteiger partial charge >= 0.3 is 0 Å². The zero-order chi connectivity index (χ0) is 26.9. The van der Waals surface area contributed by atoms with E-state index in [1.807, 2.05) is 35.0 Å². The molecule has 10 nitrogen and oxygen atoms in total. The fourth-order valence-corrected chi connectivity index (χ4v) is 5.10. The van der Waals surface area contributed by atoms with Gasteiger partial charge in [0.25, 0.3) is 0 Å². The van der Waals surface area contributed by atoms with Crippen LogP contribution in [0, 0.1) is 5.82 Å². The summed E-state index contributed by atoms with van der Waals surface area (Å²) in [6, 6.07) is 11.8. The second-order valence-corrected chi connectivity index (χ2v) is 11.2. The Morgan fingerprint density at radius 3 is 2.68 bits per heavy atom. The van der Waals surface area contributed by atoms with Crippen molar-refractivity contribution in [3.8, 4) is 5.75 Å². The molecule has 2 aromatic carbocycles. The van der Waals surface area contributed by atoms with Crippen LogP contribution < -0.4 is 24.6 Å². The molecule has 4 aromatic rings. The van der Waals surface area contributed by atoms with E-state index in [1.165, 1.54) is 25.2 Å². The normalized spacial score (nSPS) is 14.1. The smallest absolute Gasteiger partial charge is 0.232 e. The van der Waals surface area contributed by atoms with Crippen LogP contribution in [-0.4, -0.2) is 69.5 Å². The topological polar surface area (TPSA) is 105 Å². The highest BCUT2D eigenvalue weighted by Crippen LogP contribution is 2.32. The van der Waals surface area contributed by atoms with Crippen LogP contribution in [0.15, 0.2) is 54.9 Å². The van der Waals surface area contributed by atoms with E-state index in [4.69, 9.17) is 9.72 Å². The molecule has 1 aliphatic rings. The number of fused-ring (bicyclic) bond motifs is 1. The molecular weight excluding hydrogens is 509 g/mol. The standard InChI is InChI=1S/C26H30FN7O3S/c1-32(38(3,35)36)22-6-4-20(27)14-19(22)17-34-11-8-18-16-29-26(31-25(18)34)30-21-5-7-23(24(15-21)37-2)33-12-9-28-10-13-33/h4-8,11,14-16,28H,9-10,12-13,17H2,1-3H3,(H,29,30,31). The van der Waals surface area contributed by atoms with Gasteiger partial charge in [0.2, 0.25) is 16.0 Å². The third-order valence-electron chi connectivity index (χ3n) is 6.61. The molecule has 0 spiro atoms. The SMILES string of the molecule is COc1cc(Nc2ncc3ccn(Cc4cc(F)ccc4N(C)S(C)(=O)=O)c3n2)ccc1N1CCNCC1. The highest BCUT2D eigenvalue weighted by atomic mass is 32.2. The fraction of sp³-hybridized carbons (Fsp3) is 0.308. The molecule has 38 heavy (non-hydrogen) atoms. The molecule has 0 bridgehead atoms. The minimum Gasteiger partial charge on any atom is -0.495 e. The average Bonchev–Trinajstić information content (AvgIpc) is 3.30. The summed E-state index contributed by atoms with van der Waals surface area (Å²) in [5.74, 6) is 0.703. The summed E-state index contributed by atoms with van der Waals surface area (Å²) in [5.41, 5.74) is 3.36. The number of aromatic nitrogens is 3. The predicted octanol–water partition coefficient (Wildman–Crippen LogP) is 3.18. The number of halogens is 1. The molecule has 2 N–H and O–H groups in total. The minimum atomic E-state index is -3.52. The summed E-state index contributed by atoms with van der Waals surface area (Å²) >= 11 is 0. The molecule has 0 atom stereocenters. The van der Waals surface area contributed by atoms with Crippen LogP contribution in [0.4, 0.5) is 27.4 Å². The summed E-state index contributed by atoms with van der Waals surface area (Å²) in [5, 5.41) is 7.40. The van der Waals surface area contributed by atoms with E-state index in [-0.39, 0.29) is 6.54 Å². The van der Waals surface area contributed by atoms with Gasteiger partial charge in [0, 0.05) is 62.8 Å². The number of ether oxygens (including phenoxy) is 1. The Morgan fingerprint density at radius 1 is 1.16 bits per heavy atom. The molecule has 5 rings (SSSR count). The van der Waals surface area contributed by atoms with Crippen LogP contribution in [0.1, 0.15) is 5.56 Å². The maximum Gasteiger partial charge on any atom is 0.232 e. The van der Waals surface area contributed by atoms with Gasteiger partial charge in [0.1, 0.15) is 17.2 Å². The average molecular weight is 540 g/mol.